The highest BCUT2D eigenvalue weighted by molar-refractivity contribution is 6.10. The average Bonchev–Trinajstić information content (AvgIpc) is 3.58. The molecule has 0 saturated heterocycles. The molecule has 0 bridgehead atoms. The molecule has 0 unspecified atom stereocenters. The Hall–Kier alpha value is -7.17. The predicted octanol–water partition coefficient (Wildman–Crippen LogP) is 12.5. The molecule has 0 amide bonds. The number of benzene rings is 8. The number of fused-ring (bicyclic) bond motifs is 4. The number of rotatable bonds is 6. The van der Waals surface area contributed by atoms with Gasteiger partial charge in [0.25, 0.3) is 0 Å². The number of nitrogens with zero attached hydrogens (tertiary/aromatic N) is 4. The fourth-order valence-electron chi connectivity index (χ4n) is 7.37. The van der Waals surface area contributed by atoms with Gasteiger partial charge < -0.3 is 4.57 Å². The third kappa shape index (κ3) is 5.63. The van der Waals surface area contributed by atoms with Crippen LogP contribution in [0.3, 0.4) is 0 Å². The maximum Gasteiger partial charge on any atom is 0.164 e. The molecule has 10 rings (SSSR count). The molecule has 4 nitrogen and oxygen atoms in total. The van der Waals surface area contributed by atoms with Crippen molar-refractivity contribution in [2.45, 2.75) is 0 Å². The molecule has 0 atom stereocenters. The maximum absolute atomic E-state index is 5.10. The molecular formula is C49H32N4. The maximum atomic E-state index is 5.10. The van der Waals surface area contributed by atoms with E-state index in [-0.39, 0.29) is 0 Å². The smallest absolute Gasteiger partial charge is 0.164 e. The summed E-state index contributed by atoms with van der Waals surface area (Å²) in [4.78, 5) is 15.1. The summed E-state index contributed by atoms with van der Waals surface area (Å²) in [5.74, 6) is 1.90. The van der Waals surface area contributed by atoms with Crippen LogP contribution in [0.2, 0.25) is 0 Å². The quantitative estimate of drug-likeness (QED) is 0.176. The molecule has 10 aromatic rings. The molecule has 2 aromatic heterocycles. The first kappa shape index (κ1) is 30.6. The Morgan fingerprint density at radius 1 is 0.283 bits per heavy atom. The molecule has 0 spiro atoms. The SMILES string of the molecule is c1ccc(-c2ccc(-c3nc(-c4ccccc4)nc(-c4cccc(-n5c6ccccc6c6ccc(-c7ccc8ccccc8c7)cc65)c4)n3)cc2)cc1. The Morgan fingerprint density at radius 3 is 1.57 bits per heavy atom. The Balaban J connectivity index is 1.11. The van der Waals surface area contributed by atoms with Crippen LogP contribution in [-0.4, -0.2) is 19.5 Å². The topological polar surface area (TPSA) is 43.6 Å². The first-order chi connectivity index (χ1) is 26.2. The Labute approximate surface area is 307 Å². The van der Waals surface area contributed by atoms with E-state index in [9.17, 15) is 0 Å². The van der Waals surface area contributed by atoms with E-state index in [4.69, 9.17) is 15.0 Å². The van der Waals surface area contributed by atoms with Crippen LogP contribution >= 0.6 is 0 Å². The molecule has 0 aliphatic heterocycles. The summed E-state index contributed by atoms with van der Waals surface area (Å²) in [6.45, 7) is 0. The highest BCUT2D eigenvalue weighted by Crippen LogP contribution is 2.36. The first-order valence-corrected chi connectivity index (χ1v) is 17.9. The third-order valence-electron chi connectivity index (χ3n) is 10.0. The van der Waals surface area contributed by atoms with Crippen molar-refractivity contribution in [1.82, 2.24) is 19.5 Å². The number of hydrogen-bond donors (Lipinski definition) is 0. The normalized spacial score (nSPS) is 11.4. The van der Waals surface area contributed by atoms with Crippen molar-refractivity contribution < 1.29 is 0 Å². The van der Waals surface area contributed by atoms with Crippen LogP contribution in [0.4, 0.5) is 0 Å². The molecular weight excluding hydrogens is 645 g/mol. The number of para-hydroxylation sites is 1. The summed E-state index contributed by atoms with van der Waals surface area (Å²) in [6.07, 6.45) is 0. The lowest BCUT2D eigenvalue weighted by molar-refractivity contribution is 1.07. The molecule has 2 heterocycles. The Bertz CT molecular complexity index is 2930. The van der Waals surface area contributed by atoms with E-state index < -0.39 is 0 Å². The standard InChI is InChI=1S/C49H32N4/c1-3-12-33(13-4-1)35-22-25-37(26-23-35)48-50-47(36-15-5-2-6-16-36)51-49(52-48)41-18-11-19-42(31-41)53-45-21-10-9-20-43(45)44-29-28-40(32-46(44)53)39-27-24-34-14-7-8-17-38(34)30-39/h1-32H. The summed E-state index contributed by atoms with van der Waals surface area (Å²) >= 11 is 0. The van der Waals surface area contributed by atoms with Crippen LogP contribution in [-0.2, 0) is 0 Å². The van der Waals surface area contributed by atoms with Crippen molar-refractivity contribution >= 4 is 32.6 Å². The van der Waals surface area contributed by atoms with Crippen molar-refractivity contribution in [2.75, 3.05) is 0 Å². The van der Waals surface area contributed by atoms with Gasteiger partial charge in [-0.25, -0.2) is 15.0 Å². The van der Waals surface area contributed by atoms with Crippen molar-refractivity contribution in [3.05, 3.63) is 194 Å². The summed E-state index contributed by atoms with van der Waals surface area (Å²) in [6, 6.07) is 68.2. The highest BCUT2D eigenvalue weighted by Gasteiger charge is 2.17. The van der Waals surface area contributed by atoms with Crippen LogP contribution in [0.1, 0.15) is 0 Å². The van der Waals surface area contributed by atoms with E-state index in [1.807, 2.05) is 36.4 Å². The second-order valence-electron chi connectivity index (χ2n) is 13.3. The van der Waals surface area contributed by atoms with E-state index >= 15 is 0 Å². The summed E-state index contributed by atoms with van der Waals surface area (Å²) in [7, 11) is 0. The Kier molecular flexibility index (Phi) is 7.43. The van der Waals surface area contributed by atoms with Crippen LogP contribution < -0.4 is 0 Å². The van der Waals surface area contributed by atoms with Gasteiger partial charge >= 0.3 is 0 Å². The number of aromatic nitrogens is 4. The first-order valence-electron chi connectivity index (χ1n) is 17.9. The van der Waals surface area contributed by atoms with Crippen LogP contribution in [0.5, 0.6) is 0 Å². The molecule has 0 radical (unpaired) electrons. The fourth-order valence-corrected chi connectivity index (χ4v) is 7.37. The van der Waals surface area contributed by atoms with Gasteiger partial charge in [-0.1, -0.05) is 164 Å². The average molecular weight is 677 g/mol. The van der Waals surface area contributed by atoms with Crippen molar-refractivity contribution in [2.24, 2.45) is 0 Å². The van der Waals surface area contributed by atoms with Gasteiger partial charge in [0.15, 0.2) is 17.5 Å². The van der Waals surface area contributed by atoms with Crippen molar-refractivity contribution in [3.8, 4) is 62.1 Å². The van der Waals surface area contributed by atoms with E-state index in [1.165, 1.54) is 38.2 Å². The molecule has 0 aliphatic rings. The molecule has 8 aromatic carbocycles. The third-order valence-corrected chi connectivity index (χ3v) is 10.0. The van der Waals surface area contributed by atoms with Gasteiger partial charge in [0.2, 0.25) is 0 Å². The zero-order valence-corrected chi connectivity index (χ0v) is 28.8. The zero-order valence-electron chi connectivity index (χ0n) is 28.8. The second-order valence-corrected chi connectivity index (χ2v) is 13.3. The summed E-state index contributed by atoms with van der Waals surface area (Å²) in [5.41, 5.74) is 10.8. The Morgan fingerprint density at radius 2 is 0.792 bits per heavy atom. The van der Waals surface area contributed by atoms with Crippen LogP contribution in [0.25, 0.3) is 94.7 Å². The van der Waals surface area contributed by atoms with Gasteiger partial charge in [-0.3, -0.25) is 0 Å². The van der Waals surface area contributed by atoms with Gasteiger partial charge in [0.05, 0.1) is 11.0 Å². The number of hydrogen-bond acceptors (Lipinski definition) is 3. The van der Waals surface area contributed by atoms with E-state index in [1.54, 1.807) is 0 Å². The van der Waals surface area contributed by atoms with E-state index in [2.05, 4.69) is 162 Å². The predicted molar refractivity (Wildman–Crippen MR) is 219 cm³/mol. The van der Waals surface area contributed by atoms with Gasteiger partial charge in [0.1, 0.15) is 0 Å². The minimum absolute atomic E-state index is 0.625. The molecule has 0 N–H and O–H groups in total. The minimum atomic E-state index is 0.625. The van der Waals surface area contributed by atoms with E-state index in [0.29, 0.717) is 17.5 Å². The summed E-state index contributed by atoms with van der Waals surface area (Å²) < 4.78 is 2.36. The highest BCUT2D eigenvalue weighted by atomic mass is 15.0. The monoisotopic (exact) mass is 676 g/mol. The van der Waals surface area contributed by atoms with Crippen molar-refractivity contribution in [3.63, 3.8) is 0 Å². The van der Waals surface area contributed by atoms with Gasteiger partial charge in [-0.15, -0.1) is 0 Å². The summed E-state index contributed by atoms with van der Waals surface area (Å²) in [5, 5.41) is 4.90. The van der Waals surface area contributed by atoms with Gasteiger partial charge in [-0.2, -0.15) is 0 Å². The molecule has 53 heavy (non-hydrogen) atoms. The zero-order chi connectivity index (χ0) is 35.1. The van der Waals surface area contributed by atoms with Gasteiger partial charge in [-0.05, 0) is 63.4 Å². The van der Waals surface area contributed by atoms with Crippen LogP contribution in [0.15, 0.2) is 194 Å². The van der Waals surface area contributed by atoms with Gasteiger partial charge in [0, 0.05) is 33.2 Å². The largest absolute Gasteiger partial charge is 0.309 e. The lowest BCUT2D eigenvalue weighted by atomic mass is 10.00. The van der Waals surface area contributed by atoms with Crippen molar-refractivity contribution in [1.29, 1.82) is 0 Å². The minimum Gasteiger partial charge on any atom is -0.309 e. The molecule has 0 fully saturated rings. The van der Waals surface area contributed by atoms with E-state index in [0.717, 1.165) is 39.0 Å². The second kappa shape index (κ2) is 12.9. The molecule has 0 saturated carbocycles. The molecule has 4 heteroatoms. The lowest BCUT2D eigenvalue weighted by Crippen LogP contribution is -2.01. The molecule has 248 valence electrons. The molecule has 0 aliphatic carbocycles. The fraction of sp³-hybridized carbons (Fsp3) is 0. The van der Waals surface area contributed by atoms with Crippen LogP contribution in [0, 0.1) is 0 Å². The lowest BCUT2D eigenvalue weighted by Gasteiger charge is -2.12.